The maximum Gasteiger partial charge on any atom is 0.251 e. The monoisotopic (exact) mass is 441 g/mol. The summed E-state index contributed by atoms with van der Waals surface area (Å²) in [5.74, 6) is 1.87. The number of para-hydroxylation sites is 2. The van der Waals surface area contributed by atoms with Gasteiger partial charge >= 0.3 is 0 Å². The molecule has 5 heteroatoms. The van der Waals surface area contributed by atoms with Crippen molar-refractivity contribution < 1.29 is 9.53 Å². The third-order valence-corrected chi connectivity index (χ3v) is 5.76. The Labute approximate surface area is 195 Å². The number of rotatable bonds is 9. The fourth-order valence-corrected chi connectivity index (χ4v) is 4.11. The van der Waals surface area contributed by atoms with E-state index in [1.165, 1.54) is 5.56 Å². The number of carbonyl (C=O) groups excluding carboxylic acids is 1. The molecule has 0 aliphatic carbocycles. The minimum Gasteiger partial charge on any atom is -0.493 e. The molecule has 33 heavy (non-hydrogen) atoms. The van der Waals surface area contributed by atoms with Crippen LogP contribution in [0.5, 0.6) is 5.75 Å². The molecule has 0 aliphatic rings. The molecule has 0 spiro atoms. The second-order valence-electron chi connectivity index (χ2n) is 8.51. The average molecular weight is 442 g/mol. The molecule has 0 fully saturated rings. The van der Waals surface area contributed by atoms with Gasteiger partial charge in [0.2, 0.25) is 0 Å². The SMILES string of the molecule is Cc1cccc(C(=O)NCCc2nc3ccccc3n2CCCOc2ccc(C)cc2C)c1. The van der Waals surface area contributed by atoms with Crippen molar-refractivity contribution in [2.45, 2.75) is 40.2 Å². The van der Waals surface area contributed by atoms with E-state index < -0.39 is 0 Å². The maximum absolute atomic E-state index is 12.5. The third kappa shape index (κ3) is 5.61. The van der Waals surface area contributed by atoms with Crippen LogP contribution in [0, 0.1) is 20.8 Å². The van der Waals surface area contributed by atoms with Crippen molar-refractivity contribution in [2.24, 2.45) is 0 Å². The van der Waals surface area contributed by atoms with Crippen LogP contribution in [0.25, 0.3) is 11.0 Å². The summed E-state index contributed by atoms with van der Waals surface area (Å²) in [5.41, 5.74) is 6.26. The van der Waals surface area contributed by atoms with Gasteiger partial charge in [0.1, 0.15) is 11.6 Å². The van der Waals surface area contributed by atoms with Gasteiger partial charge in [-0.25, -0.2) is 4.98 Å². The predicted octanol–water partition coefficient (Wildman–Crippen LogP) is 5.40. The van der Waals surface area contributed by atoms with Crippen molar-refractivity contribution >= 4 is 16.9 Å². The molecule has 4 rings (SSSR count). The molecule has 0 radical (unpaired) electrons. The number of fused-ring (bicyclic) bond motifs is 1. The summed E-state index contributed by atoms with van der Waals surface area (Å²) in [7, 11) is 0. The summed E-state index contributed by atoms with van der Waals surface area (Å²) in [6, 6.07) is 22.1. The van der Waals surface area contributed by atoms with Crippen LogP contribution in [0.4, 0.5) is 0 Å². The number of benzene rings is 3. The van der Waals surface area contributed by atoms with Gasteiger partial charge in [0.15, 0.2) is 0 Å². The molecular weight excluding hydrogens is 410 g/mol. The van der Waals surface area contributed by atoms with Crippen molar-refractivity contribution in [1.82, 2.24) is 14.9 Å². The second kappa shape index (κ2) is 10.3. The first-order chi connectivity index (χ1) is 16.0. The lowest BCUT2D eigenvalue weighted by Crippen LogP contribution is -2.26. The van der Waals surface area contributed by atoms with Crippen molar-refractivity contribution in [1.29, 1.82) is 0 Å². The molecule has 1 amide bonds. The largest absolute Gasteiger partial charge is 0.493 e. The quantitative estimate of drug-likeness (QED) is 0.354. The number of imidazole rings is 1. The van der Waals surface area contributed by atoms with E-state index in [1.54, 1.807) is 0 Å². The van der Waals surface area contributed by atoms with Gasteiger partial charge in [-0.05, 0) is 63.1 Å². The summed E-state index contributed by atoms with van der Waals surface area (Å²) < 4.78 is 8.27. The maximum atomic E-state index is 12.5. The summed E-state index contributed by atoms with van der Waals surface area (Å²) in [4.78, 5) is 17.3. The van der Waals surface area contributed by atoms with Crippen LogP contribution in [0.1, 0.15) is 39.3 Å². The fraction of sp³-hybridized carbons (Fsp3) is 0.286. The molecule has 1 aromatic heterocycles. The summed E-state index contributed by atoms with van der Waals surface area (Å²) in [6.07, 6.45) is 1.54. The zero-order valence-electron chi connectivity index (χ0n) is 19.6. The van der Waals surface area contributed by atoms with E-state index in [9.17, 15) is 4.79 Å². The van der Waals surface area contributed by atoms with E-state index in [-0.39, 0.29) is 5.91 Å². The predicted molar refractivity (Wildman–Crippen MR) is 133 cm³/mol. The smallest absolute Gasteiger partial charge is 0.251 e. The van der Waals surface area contributed by atoms with Crippen LogP contribution < -0.4 is 10.1 Å². The van der Waals surface area contributed by atoms with Gasteiger partial charge in [0.25, 0.3) is 5.91 Å². The van der Waals surface area contributed by atoms with E-state index >= 15 is 0 Å². The number of nitrogens with zero attached hydrogens (tertiary/aromatic N) is 2. The number of aromatic nitrogens is 2. The standard InChI is InChI=1S/C28H31N3O2/c1-20-8-6-9-23(19-20)28(32)29-15-14-27-30-24-10-4-5-11-25(24)31(27)16-7-17-33-26-13-12-21(2)18-22(26)3/h4-6,8-13,18-19H,7,14-17H2,1-3H3,(H,29,32). The second-order valence-corrected chi connectivity index (χ2v) is 8.51. The number of amides is 1. The molecular formula is C28H31N3O2. The number of hydrogen-bond donors (Lipinski definition) is 1. The summed E-state index contributed by atoms with van der Waals surface area (Å²) in [6.45, 7) is 8.14. The van der Waals surface area contributed by atoms with Crippen molar-refractivity contribution in [3.05, 3.63) is 94.8 Å². The molecule has 4 aromatic rings. The minimum absolute atomic E-state index is 0.0526. The van der Waals surface area contributed by atoms with Gasteiger partial charge < -0.3 is 14.6 Å². The van der Waals surface area contributed by atoms with E-state index in [0.717, 1.165) is 46.7 Å². The molecule has 1 heterocycles. The van der Waals surface area contributed by atoms with Crippen molar-refractivity contribution in [2.75, 3.05) is 13.2 Å². The van der Waals surface area contributed by atoms with Crippen LogP contribution in [0.2, 0.25) is 0 Å². The van der Waals surface area contributed by atoms with Crippen LogP contribution in [0.15, 0.2) is 66.7 Å². The minimum atomic E-state index is -0.0526. The van der Waals surface area contributed by atoms with Crippen LogP contribution in [-0.4, -0.2) is 28.6 Å². The van der Waals surface area contributed by atoms with Crippen LogP contribution >= 0.6 is 0 Å². The number of ether oxygens (including phenoxy) is 1. The Balaban J connectivity index is 1.38. The topological polar surface area (TPSA) is 56.2 Å². The Kier molecular flexibility index (Phi) is 7.08. The Bertz CT molecular complexity index is 1260. The highest BCUT2D eigenvalue weighted by Gasteiger charge is 2.12. The molecule has 0 atom stereocenters. The lowest BCUT2D eigenvalue weighted by atomic mass is 10.1. The lowest BCUT2D eigenvalue weighted by Gasteiger charge is -2.12. The Morgan fingerprint density at radius 1 is 0.970 bits per heavy atom. The summed E-state index contributed by atoms with van der Waals surface area (Å²) >= 11 is 0. The van der Waals surface area contributed by atoms with Crippen molar-refractivity contribution in [3.8, 4) is 5.75 Å². The van der Waals surface area contributed by atoms with E-state index in [4.69, 9.17) is 9.72 Å². The Morgan fingerprint density at radius 3 is 2.61 bits per heavy atom. The van der Waals surface area contributed by atoms with Crippen LogP contribution in [-0.2, 0) is 13.0 Å². The molecule has 1 N–H and O–H groups in total. The summed E-state index contributed by atoms with van der Waals surface area (Å²) in [5, 5.41) is 3.03. The highest BCUT2D eigenvalue weighted by atomic mass is 16.5. The van der Waals surface area contributed by atoms with Crippen molar-refractivity contribution in [3.63, 3.8) is 0 Å². The molecule has 0 aliphatic heterocycles. The molecule has 0 saturated heterocycles. The van der Waals surface area contributed by atoms with Gasteiger partial charge in [-0.1, -0.05) is 47.5 Å². The van der Waals surface area contributed by atoms with E-state index in [0.29, 0.717) is 25.1 Å². The van der Waals surface area contributed by atoms with Gasteiger partial charge in [0, 0.05) is 25.1 Å². The first-order valence-corrected chi connectivity index (χ1v) is 11.5. The normalized spacial score (nSPS) is 11.0. The van der Waals surface area contributed by atoms with E-state index in [2.05, 4.69) is 41.9 Å². The Morgan fingerprint density at radius 2 is 1.79 bits per heavy atom. The fourth-order valence-electron chi connectivity index (χ4n) is 4.11. The lowest BCUT2D eigenvalue weighted by molar-refractivity contribution is 0.0954. The molecule has 170 valence electrons. The zero-order chi connectivity index (χ0) is 23.2. The first-order valence-electron chi connectivity index (χ1n) is 11.5. The Hall–Kier alpha value is -3.60. The molecule has 0 bridgehead atoms. The molecule has 3 aromatic carbocycles. The van der Waals surface area contributed by atoms with Gasteiger partial charge in [-0.3, -0.25) is 4.79 Å². The molecule has 0 unspecified atom stereocenters. The third-order valence-electron chi connectivity index (χ3n) is 5.76. The number of aryl methyl sites for hydroxylation is 4. The highest BCUT2D eigenvalue weighted by Crippen LogP contribution is 2.20. The molecule has 5 nitrogen and oxygen atoms in total. The number of hydrogen-bond acceptors (Lipinski definition) is 3. The zero-order valence-corrected chi connectivity index (χ0v) is 19.6. The van der Waals surface area contributed by atoms with Gasteiger partial charge in [-0.2, -0.15) is 0 Å². The number of nitrogens with one attached hydrogen (secondary N) is 1. The first kappa shape index (κ1) is 22.6. The van der Waals surface area contributed by atoms with Gasteiger partial charge in [0.05, 0.1) is 17.6 Å². The highest BCUT2D eigenvalue weighted by molar-refractivity contribution is 5.94. The average Bonchev–Trinajstić information content (AvgIpc) is 3.15. The molecule has 0 saturated carbocycles. The number of carbonyl (C=O) groups is 1. The van der Waals surface area contributed by atoms with Crippen LogP contribution in [0.3, 0.4) is 0 Å². The van der Waals surface area contributed by atoms with Gasteiger partial charge in [-0.15, -0.1) is 0 Å². The van der Waals surface area contributed by atoms with E-state index in [1.807, 2.05) is 55.5 Å².